The number of hydrogen-bond donors (Lipinski definition) is 0. The van der Waals surface area contributed by atoms with Gasteiger partial charge in [-0.15, -0.1) is 0 Å². The van der Waals surface area contributed by atoms with Crippen LogP contribution in [0.1, 0.15) is 31.1 Å². The number of carbonyl (C=O) groups excluding carboxylic acids is 2. The Kier molecular flexibility index (Phi) is 4.78. The molecule has 2 aromatic carbocycles. The maximum Gasteiger partial charge on any atom is 0.211 e. The molecule has 160 valence electrons. The Labute approximate surface area is 184 Å². The standard InChI is InChI=1S/C26H21NO5/c1-14-21(15(2)28)23(22-18-9-5-4-7-16(18)10-11-19(22)30-3)24-25(29)20(32-26(24)27-14)13-17-8-6-12-31-17/h4-13,23-24H,1-3H3/b20-13-. The van der Waals surface area contributed by atoms with Crippen molar-refractivity contribution in [1.82, 2.24) is 0 Å². The van der Waals surface area contributed by atoms with Gasteiger partial charge in [-0.3, -0.25) is 9.59 Å². The highest BCUT2D eigenvalue weighted by molar-refractivity contribution is 6.20. The maximum atomic E-state index is 13.6. The first-order chi connectivity index (χ1) is 15.5. The Hall–Kier alpha value is -3.93. The zero-order chi connectivity index (χ0) is 22.4. The number of furan rings is 1. The molecule has 0 saturated carbocycles. The zero-order valence-corrected chi connectivity index (χ0v) is 17.9. The summed E-state index contributed by atoms with van der Waals surface area (Å²) in [6.45, 7) is 3.27. The first-order valence-electron chi connectivity index (χ1n) is 10.3. The van der Waals surface area contributed by atoms with E-state index < -0.39 is 11.8 Å². The average Bonchev–Trinajstić information content (AvgIpc) is 3.40. The lowest BCUT2D eigenvalue weighted by Gasteiger charge is -2.30. The molecule has 0 bridgehead atoms. The summed E-state index contributed by atoms with van der Waals surface area (Å²) >= 11 is 0. The van der Waals surface area contributed by atoms with Crippen molar-refractivity contribution in [2.24, 2.45) is 10.9 Å². The van der Waals surface area contributed by atoms with Crippen LogP contribution in [0.4, 0.5) is 0 Å². The van der Waals surface area contributed by atoms with Gasteiger partial charge in [-0.25, -0.2) is 4.99 Å². The fourth-order valence-corrected chi connectivity index (χ4v) is 4.66. The number of ether oxygens (including phenoxy) is 2. The predicted octanol–water partition coefficient (Wildman–Crippen LogP) is 5.06. The van der Waals surface area contributed by atoms with E-state index in [1.165, 1.54) is 13.2 Å². The van der Waals surface area contributed by atoms with E-state index in [1.54, 1.807) is 32.2 Å². The minimum absolute atomic E-state index is 0.137. The van der Waals surface area contributed by atoms with Gasteiger partial charge < -0.3 is 13.9 Å². The molecule has 5 rings (SSSR count). The molecule has 6 nitrogen and oxygen atoms in total. The van der Waals surface area contributed by atoms with Crippen molar-refractivity contribution in [2.45, 2.75) is 19.8 Å². The second-order valence-electron chi connectivity index (χ2n) is 7.85. The normalized spacial score (nSPS) is 21.5. The Morgan fingerprint density at radius 2 is 1.91 bits per heavy atom. The minimum Gasteiger partial charge on any atom is -0.496 e. The first-order valence-corrected chi connectivity index (χ1v) is 10.3. The fraction of sp³-hybridized carbons (Fsp3) is 0.192. The molecule has 0 spiro atoms. The van der Waals surface area contributed by atoms with Crippen molar-refractivity contribution in [3.05, 3.63) is 83.1 Å². The molecular weight excluding hydrogens is 406 g/mol. The number of fused-ring (bicyclic) bond motifs is 2. The SMILES string of the molecule is COc1ccc2ccccc2c1C1C(C(C)=O)=C(C)N=C2O/C(=C\c3ccco3)C(=O)C21. The van der Waals surface area contributed by atoms with E-state index in [-0.39, 0.29) is 23.2 Å². The highest BCUT2D eigenvalue weighted by atomic mass is 16.5. The lowest BCUT2D eigenvalue weighted by atomic mass is 9.73. The molecule has 3 heterocycles. The molecule has 0 aliphatic carbocycles. The Balaban J connectivity index is 1.75. The molecule has 2 aliphatic heterocycles. The van der Waals surface area contributed by atoms with Gasteiger partial charge in [0, 0.05) is 28.8 Å². The van der Waals surface area contributed by atoms with Crippen LogP contribution in [0.3, 0.4) is 0 Å². The van der Waals surface area contributed by atoms with E-state index >= 15 is 0 Å². The van der Waals surface area contributed by atoms with Crippen LogP contribution in [0, 0.1) is 5.92 Å². The van der Waals surface area contributed by atoms with Crippen molar-refractivity contribution in [3.8, 4) is 5.75 Å². The number of hydrogen-bond acceptors (Lipinski definition) is 6. The van der Waals surface area contributed by atoms with E-state index in [0.29, 0.717) is 22.8 Å². The largest absolute Gasteiger partial charge is 0.496 e. The third-order valence-corrected chi connectivity index (χ3v) is 5.98. The van der Waals surface area contributed by atoms with Crippen LogP contribution in [0.25, 0.3) is 16.8 Å². The molecule has 3 aromatic rings. The van der Waals surface area contributed by atoms with Crippen molar-refractivity contribution in [1.29, 1.82) is 0 Å². The minimum atomic E-state index is -0.765. The Morgan fingerprint density at radius 1 is 1.09 bits per heavy atom. The summed E-state index contributed by atoms with van der Waals surface area (Å²) in [6, 6.07) is 15.2. The number of Topliss-reactive ketones (excluding diaryl/α,β-unsaturated/α-hetero) is 2. The van der Waals surface area contributed by atoms with Gasteiger partial charge in [0.05, 0.1) is 13.4 Å². The highest BCUT2D eigenvalue weighted by Crippen LogP contribution is 2.49. The molecule has 2 unspecified atom stereocenters. The van der Waals surface area contributed by atoms with Gasteiger partial charge in [0.1, 0.15) is 17.4 Å². The van der Waals surface area contributed by atoms with E-state index in [2.05, 4.69) is 4.99 Å². The van der Waals surface area contributed by atoms with Crippen LogP contribution in [0.15, 0.2) is 81.2 Å². The summed E-state index contributed by atoms with van der Waals surface area (Å²) < 4.78 is 17.0. The van der Waals surface area contributed by atoms with E-state index in [0.717, 1.165) is 16.3 Å². The molecule has 2 aliphatic rings. The summed E-state index contributed by atoms with van der Waals surface area (Å²) in [7, 11) is 1.59. The monoisotopic (exact) mass is 427 g/mol. The molecule has 1 fully saturated rings. The van der Waals surface area contributed by atoms with Crippen molar-refractivity contribution >= 4 is 34.3 Å². The number of allylic oxidation sites excluding steroid dienone is 3. The van der Waals surface area contributed by atoms with Gasteiger partial charge in [-0.2, -0.15) is 0 Å². The van der Waals surface area contributed by atoms with Gasteiger partial charge in [0.25, 0.3) is 0 Å². The van der Waals surface area contributed by atoms with Crippen LogP contribution in [0.2, 0.25) is 0 Å². The van der Waals surface area contributed by atoms with Crippen LogP contribution in [-0.4, -0.2) is 24.6 Å². The van der Waals surface area contributed by atoms with E-state index in [9.17, 15) is 9.59 Å². The highest BCUT2D eigenvalue weighted by Gasteiger charge is 2.50. The van der Waals surface area contributed by atoms with E-state index in [4.69, 9.17) is 13.9 Å². The molecule has 0 N–H and O–H groups in total. The lowest BCUT2D eigenvalue weighted by Crippen LogP contribution is -2.31. The summed E-state index contributed by atoms with van der Waals surface area (Å²) in [5, 5.41) is 1.91. The second-order valence-corrected chi connectivity index (χ2v) is 7.85. The summed E-state index contributed by atoms with van der Waals surface area (Å²) in [6.07, 6.45) is 3.09. The number of methoxy groups -OCH3 is 1. The first kappa shape index (κ1) is 20.0. The Morgan fingerprint density at radius 3 is 2.62 bits per heavy atom. The van der Waals surface area contributed by atoms with Crippen LogP contribution in [0.5, 0.6) is 5.75 Å². The maximum absolute atomic E-state index is 13.6. The smallest absolute Gasteiger partial charge is 0.211 e. The Bertz CT molecular complexity index is 1340. The number of ketones is 2. The summed E-state index contributed by atoms with van der Waals surface area (Å²) in [5.74, 6) is -0.190. The number of aliphatic imine (C=N–C) groups is 1. The lowest BCUT2D eigenvalue weighted by molar-refractivity contribution is -0.118. The van der Waals surface area contributed by atoms with Gasteiger partial charge in [0.15, 0.2) is 11.5 Å². The number of carbonyl (C=O) groups is 2. The number of benzene rings is 2. The van der Waals surface area contributed by atoms with Crippen LogP contribution in [-0.2, 0) is 14.3 Å². The third-order valence-electron chi connectivity index (χ3n) is 5.98. The fourth-order valence-electron chi connectivity index (χ4n) is 4.66. The molecule has 32 heavy (non-hydrogen) atoms. The molecule has 6 heteroatoms. The zero-order valence-electron chi connectivity index (χ0n) is 17.9. The van der Waals surface area contributed by atoms with Crippen molar-refractivity contribution in [3.63, 3.8) is 0 Å². The summed E-state index contributed by atoms with van der Waals surface area (Å²) in [4.78, 5) is 30.9. The van der Waals surface area contributed by atoms with Gasteiger partial charge in [-0.1, -0.05) is 30.3 Å². The summed E-state index contributed by atoms with van der Waals surface area (Å²) in [5.41, 5.74) is 1.81. The average molecular weight is 427 g/mol. The molecule has 1 saturated heterocycles. The predicted molar refractivity (Wildman–Crippen MR) is 120 cm³/mol. The molecule has 1 aromatic heterocycles. The van der Waals surface area contributed by atoms with Crippen molar-refractivity contribution < 1.29 is 23.5 Å². The number of nitrogens with zero attached hydrogens (tertiary/aromatic N) is 1. The molecule has 0 radical (unpaired) electrons. The van der Waals surface area contributed by atoms with Crippen molar-refractivity contribution in [2.75, 3.05) is 7.11 Å². The number of rotatable bonds is 4. The van der Waals surface area contributed by atoms with Gasteiger partial charge in [0.2, 0.25) is 11.7 Å². The second kappa shape index (κ2) is 7.64. The van der Waals surface area contributed by atoms with Crippen LogP contribution >= 0.6 is 0 Å². The quantitative estimate of drug-likeness (QED) is 0.544. The topological polar surface area (TPSA) is 78.1 Å². The van der Waals surface area contributed by atoms with Crippen LogP contribution < -0.4 is 4.74 Å². The molecule has 0 amide bonds. The third kappa shape index (κ3) is 3.07. The van der Waals surface area contributed by atoms with Gasteiger partial charge in [-0.05, 0) is 42.8 Å². The van der Waals surface area contributed by atoms with Gasteiger partial charge >= 0.3 is 0 Å². The molecular formula is C26H21NO5. The van der Waals surface area contributed by atoms with E-state index in [1.807, 2.05) is 36.4 Å². The molecule has 2 atom stereocenters.